The highest BCUT2D eigenvalue weighted by Gasteiger charge is 2.34. The lowest BCUT2D eigenvalue weighted by molar-refractivity contribution is -0.124. The largest absolute Gasteiger partial charge is 0.390 e. The third kappa shape index (κ3) is 12.4. The second-order valence-corrected chi connectivity index (χ2v) is 15.9. The Morgan fingerprint density at radius 2 is 1.69 bits per heavy atom. The van der Waals surface area contributed by atoms with E-state index < -0.39 is 44.7 Å². The van der Waals surface area contributed by atoms with Crippen LogP contribution in [0.2, 0.25) is 0 Å². The number of hydrogen-bond acceptors (Lipinski definition) is 6. The molecule has 1 saturated carbocycles. The summed E-state index contributed by atoms with van der Waals surface area (Å²) in [5.74, 6) is 3.99. The molecule has 1 fully saturated rings. The number of nitrogens with one attached hydrogen (secondary N) is 2. The molecule has 4 atom stereocenters. The molecule has 1 aromatic rings. The van der Waals surface area contributed by atoms with Crippen LogP contribution in [-0.2, 0) is 25.8 Å². The summed E-state index contributed by atoms with van der Waals surface area (Å²) in [5.41, 5.74) is 0.877. The van der Waals surface area contributed by atoms with Crippen LogP contribution in [0.5, 0.6) is 0 Å². The second kappa shape index (κ2) is 17.0. The summed E-state index contributed by atoms with van der Waals surface area (Å²) in [6, 6.07) is 8.72. The van der Waals surface area contributed by atoms with Crippen molar-refractivity contribution in [2.75, 3.05) is 12.3 Å². The number of amides is 2. The maximum Gasteiger partial charge on any atom is 0.296 e. The van der Waals surface area contributed by atoms with E-state index in [0.29, 0.717) is 25.2 Å². The van der Waals surface area contributed by atoms with Crippen molar-refractivity contribution >= 4 is 21.7 Å². The van der Waals surface area contributed by atoms with E-state index in [1.165, 1.54) is 6.42 Å². The minimum absolute atomic E-state index is 0.168. The van der Waals surface area contributed by atoms with Gasteiger partial charge in [0.25, 0.3) is 5.91 Å². The molecule has 1 aromatic carbocycles. The van der Waals surface area contributed by atoms with Gasteiger partial charge in [-0.15, -0.1) is 0 Å². The summed E-state index contributed by atoms with van der Waals surface area (Å²) in [6.07, 6.45) is 5.09. The van der Waals surface area contributed by atoms with E-state index in [-0.39, 0.29) is 30.5 Å². The van der Waals surface area contributed by atoms with Crippen molar-refractivity contribution < 1.29 is 28.2 Å². The van der Waals surface area contributed by atoms with Crippen molar-refractivity contribution in [1.29, 1.82) is 0 Å². The van der Waals surface area contributed by atoms with Crippen molar-refractivity contribution in [3.63, 3.8) is 0 Å². The van der Waals surface area contributed by atoms with Crippen LogP contribution in [-0.4, -0.2) is 65.7 Å². The van der Waals surface area contributed by atoms with Crippen molar-refractivity contribution in [2.24, 2.45) is 17.8 Å². The van der Waals surface area contributed by atoms with Gasteiger partial charge < -0.3 is 20.8 Å². The average molecular weight is 605 g/mol. The Labute approximate surface area is 253 Å². The zero-order valence-corrected chi connectivity index (χ0v) is 26.9. The molecule has 8 nitrogen and oxygen atoms in total. The Hall–Kier alpha value is -2.41. The topological polar surface area (TPSA) is 133 Å². The molecule has 9 heteroatoms. The fourth-order valence-electron chi connectivity index (χ4n) is 5.34. The van der Waals surface area contributed by atoms with E-state index in [2.05, 4.69) is 22.5 Å². The lowest BCUT2D eigenvalue weighted by atomic mass is 9.82. The van der Waals surface area contributed by atoms with E-state index in [1.54, 1.807) is 20.8 Å². The predicted octanol–water partition coefficient (Wildman–Crippen LogP) is 3.79. The van der Waals surface area contributed by atoms with E-state index >= 15 is 0 Å². The summed E-state index contributed by atoms with van der Waals surface area (Å²) in [6.45, 7) is 9.00. The molecule has 1 unspecified atom stereocenters. The Balaban J connectivity index is 1.98. The van der Waals surface area contributed by atoms with Gasteiger partial charge in [-0.05, 0) is 63.4 Å². The number of carbonyl (C=O) groups is 2. The molecule has 2 amide bonds. The fraction of sp³-hybridized carbons (Fsp3) is 0.697. The summed E-state index contributed by atoms with van der Waals surface area (Å²) in [4.78, 5) is 25.7. The maximum absolute atomic E-state index is 13.0. The highest BCUT2D eigenvalue weighted by Crippen LogP contribution is 2.29. The highest BCUT2D eigenvalue weighted by atomic mass is 32.2. The van der Waals surface area contributed by atoms with Gasteiger partial charge in [-0.2, -0.15) is 0 Å². The van der Waals surface area contributed by atoms with Gasteiger partial charge in [-0.25, -0.2) is 8.42 Å². The minimum atomic E-state index is -3.53. The van der Waals surface area contributed by atoms with Crippen LogP contribution in [0.3, 0.4) is 0 Å². The lowest BCUT2D eigenvalue weighted by Crippen LogP contribution is -2.49. The second-order valence-electron chi connectivity index (χ2n) is 13.1. The Morgan fingerprint density at radius 1 is 1.05 bits per heavy atom. The van der Waals surface area contributed by atoms with Crippen LogP contribution in [0.4, 0.5) is 0 Å². The first-order valence-electron chi connectivity index (χ1n) is 15.4. The minimum Gasteiger partial charge on any atom is -0.390 e. The summed E-state index contributed by atoms with van der Waals surface area (Å²) in [7, 11) is -3.53. The van der Waals surface area contributed by atoms with Crippen LogP contribution in [0.25, 0.3) is 0 Å². The predicted molar refractivity (Wildman–Crippen MR) is 167 cm³/mol. The van der Waals surface area contributed by atoms with Crippen LogP contribution < -0.4 is 10.6 Å². The molecule has 1 aliphatic rings. The average Bonchev–Trinajstić information content (AvgIpc) is 2.91. The van der Waals surface area contributed by atoms with Gasteiger partial charge in [-0.1, -0.05) is 82.2 Å². The van der Waals surface area contributed by atoms with Gasteiger partial charge in [0.1, 0.15) is 6.10 Å². The molecule has 1 aliphatic carbocycles. The number of sulfone groups is 1. The fourth-order valence-corrected chi connectivity index (χ4v) is 6.64. The molecular weight excluding hydrogens is 552 g/mol. The molecule has 0 heterocycles. The van der Waals surface area contributed by atoms with E-state index in [0.717, 1.165) is 31.2 Å². The molecular formula is C33H52N2O6S. The summed E-state index contributed by atoms with van der Waals surface area (Å²) >= 11 is 0. The SMILES string of the molecule is CC(C)C[C@H](O)[C@H](O)[C@@H](CC1CCCCC1)NC(=O)C#CCCNC(=O)C(Cc1ccccc1)CS(=O)(=O)C(C)(C)C. The van der Waals surface area contributed by atoms with Crippen LogP contribution in [0, 0.1) is 29.6 Å². The molecule has 0 saturated heterocycles. The molecule has 0 spiro atoms. The van der Waals surface area contributed by atoms with E-state index in [9.17, 15) is 28.2 Å². The van der Waals surface area contributed by atoms with Crippen molar-refractivity contribution in [3.05, 3.63) is 35.9 Å². The zero-order valence-electron chi connectivity index (χ0n) is 26.1. The molecule has 236 valence electrons. The maximum atomic E-state index is 13.0. The Kier molecular flexibility index (Phi) is 14.5. The van der Waals surface area contributed by atoms with Gasteiger partial charge in [0.15, 0.2) is 9.84 Å². The van der Waals surface area contributed by atoms with Gasteiger partial charge in [-0.3, -0.25) is 9.59 Å². The molecule has 4 N–H and O–H groups in total. The first kappa shape index (κ1) is 35.8. The highest BCUT2D eigenvalue weighted by molar-refractivity contribution is 7.92. The number of aliphatic hydroxyl groups is 2. The lowest BCUT2D eigenvalue weighted by Gasteiger charge is -2.32. The normalized spacial score (nSPS) is 17.4. The number of benzene rings is 1. The summed E-state index contributed by atoms with van der Waals surface area (Å²) in [5, 5.41) is 27.0. The number of aliphatic hydroxyl groups excluding tert-OH is 2. The molecule has 42 heavy (non-hydrogen) atoms. The van der Waals surface area contributed by atoms with Crippen LogP contribution >= 0.6 is 0 Å². The Bertz CT molecular complexity index is 1140. The quantitative estimate of drug-likeness (QED) is 0.189. The smallest absolute Gasteiger partial charge is 0.296 e. The molecule has 0 bridgehead atoms. The molecule has 2 rings (SSSR count). The third-order valence-electron chi connectivity index (χ3n) is 7.95. The van der Waals surface area contributed by atoms with Gasteiger partial charge in [0, 0.05) is 13.0 Å². The van der Waals surface area contributed by atoms with Gasteiger partial charge >= 0.3 is 0 Å². The molecule has 0 aromatic heterocycles. The van der Waals surface area contributed by atoms with Crippen molar-refractivity contribution in [3.8, 4) is 11.8 Å². The zero-order chi connectivity index (χ0) is 31.3. The van der Waals surface area contributed by atoms with Crippen LogP contribution in [0.15, 0.2) is 30.3 Å². The van der Waals surface area contributed by atoms with Crippen molar-refractivity contribution in [1.82, 2.24) is 10.6 Å². The molecule has 0 aliphatic heterocycles. The van der Waals surface area contributed by atoms with Crippen LogP contribution in [0.1, 0.15) is 91.5 Å². The first-order chi connectivity index (χ1) is 19.7. The first-order valence-corrected chi connectivity index (χ1v) is 17.0. The van der Waals surface area contributed by atoms with Crippen molar-refractivity contribution in [2.45, 2.75) is 115 Å². The summed E-state index contributed by atoms with van der Waals surface area (Å²) < 4.78 is 24.8. The van der Waals surface area contributed by atoms with E-state index in [4.69, 9.17) is 0 Å². The standard InChI is InChI=1S/C33H52N2O6S/c1-24(2)20-29(36)31(38)28(22-26-16-10-7-11-17-26)35-30(37)18-12-13-19-34-32(39)27(21-25-14-8-6-9-15-25)23-42(40,41)33(3,4)5/h6,8-9,14-15,24,26-29,31,36,38H,7,10-11,13,16-17,19-23H2,1-5H3,(H,34,39)(H,35,37)/t27?,28-,29+,31-/m1/s1. The Morgan fingerprint density at radius 3 is 2.29 bits per heavy atom. The van der Waals surface area contributed by atoms with Gasteiger partial charge in [0.05, 0.1) is 28.6 Å². The number of carbonyl (C=O) groups excluding carboxylic acids is 2. The van der Waals surface area contributed by atoms with Gasteiger partial charge in [0.2, 0.25) is 5.91 Å². The van der Waals surface area contributed by atoms with E-state index in [1.807, 2.05) is 44.2 Å². The third-order valence-corrected chi connectivity index (χ3v) is 10.7. The monoisotopic (exact) mass is 604 g/mol. The number of hydrogen-bond donors (Lipinski definition) is 4. The molecule has 0 radical (unpaired) electrons. The number of rotatable bonds is 14.